The summed E-state index contributed by atoms with van der Waals surface area (Å²) in [5, 5.41) is 2.43. The number of anilines is 2. The molecular weight excluding hydrogens is 635 g/mol. The molecule has 0 bridgehead atoms. The molecule has 2 heteroatoms. The summed E-state index contributed by atoms with van der Waals surface area (Å²) in [6.45, 7) is 4.06. The molecular formula is C49H33NS. The van der Waals surface area contributed by atoms with Gasteiger partial charge in [0.1, 0.15) is 0 Å². The fourth-order valence-corrected chi connectivity index (χ4v) is 9.66. The van der Waals surface area contributed by atoms with E-state index in [4.69, 9.17) is 0 Å². The second-order valence-electron chi connectivity index (χ2n) is 13.3. The molecule has 0 N–H and O–H groups in total. The van der Waals surface area contributed by atoms with E-state index in [2.05, 4.69) is 194 Å². The minimum absolute atomic E-state index is 0.408. The monoisotopic (exact) mass is 667 g/mol. The first-order valence-corrected chi connectivity index (χ1v) is 18.3. The molecule has 0 aliphatic heterocycles. The maximum Gasteiger partial charge on any atom is 0.0726 e. The van der Waals surface area contributed by atoms with E-state index in [0.29, 0.717) is 0 Å². The first kappa shape index (κ1) is 29.7. The van der Waals surface area contributed by atoms with Crippen molar-refractivity contribution >= 4 is 45.1 Å². The van der Waals surface area contributed by atoms with Crippen molar-refractivity contribution in [1.29, 1.82) is 0 Å². The molecule has 0 radical (unpaired) electrons. The third-order valence-corrected chi connectivity index (χ3v) is 11.9. The van der Waals surface area contributed by atoms with Gasteiger partial charge in [0.15, 0.2) is 0 Å². The topological polar surface area (TPSA) is 3.24 Å². The summed E-state index contributed by atoms with van der Waals surface area (Å²) >= 11 is 1.81. The van der Waals surface area contributed by atoms with E-state index >= 15 is 0 Å². The Morgan fingerprint density at radius 2 is 1.02 bits per heavy atom. The molecule has 2 aliphatic rings. The molecule has 0 amide bonds. The molecule has 1 heterocycles. The molecule has 0 fully saturated rings. The van der Waals surface area contributed by atoms with Crippen molar-refractivity contribution in [3.63, 3.8) is 0 Å². The maximum absolute atomic E-state index is 4.06. The normalized spacial score (nSPS) is 14.0. The zero-order valence-electron chi connectivity index (χ0n) is 28.0. The zero-order valence-corrected chi connectivity index (χ0v) is 28.8. The molecule has 7 aromatic carbocycles. The van der Waals surface area contributed by atoms with Gasteiger partial charge in [0.25, 0.3) is 0 Å². The average molecular weight is 668 g/mol. The lowest BCUT2D eigenvalue weighted by Crippen LogP contribution is -2.26. The van der Waals surface area contributed by atoms with Crippen molar-refractivity contribution in [1.82, 2.24) is 0 Å². The predicted octanol–water partition coefficient (Wildman–Crippen LogP) is 11.5. The highest BCUT2D eigenvalue weighted by Crippen LogP contribution is 2.63. The van der Waals surface area contributed by atoms with Crippen LogP contribution in [0, 0.1) is 0 Å². The average Bonchev–Trinajstić information content (AvgIpc) is 3.81. The predicted molar refractivity (Wildman–Crippen MR) is 217 cm³/mol. The molecule has 51 heavy (non-hydrogen) atoms. The summed E-state index contributed by atoms with van der Waals surface area (Å²) in [4.78, 5) is 2.38. The summed E-state index contributed by atoms with van der Waals surface area (Å²) in [6, 6.07) is 62.4. The number of benzene rings is 7. The van der Waals surface area contributed by atoms with Gasteiger partial charge >= 0.3 is 0 Å². The number of allylic oxidation sites excluding steroid dienone is 1. The minimum atomic E-state index is -0.408. The highest BCUT2D eigenvalue weighted by Gasteiger charge is 2.51. The quantitative estimate of drug-likeness (QED) is 0.177. The van der Waals surface area contributed by atoms with E-state index in [1.54, 1.807) is 0 Å². The molecule has 0 atom stereocenters. The third kappa shape index (κ3) is 4.40. The van der Waals surface area contributed by atoms with Gasteiger partial charge < -0.3 is 4.90 Å². The van der Waals surface area contributed by atoms with Crippen LogP contribution in [-0.2, 0) is 5.41 Å². The number of thiophene rings is 1. The minimum Gasteiger partial charge on any atom is -0.317 e. The van der Waals surface area contributed by atoms with Crippen LogP contribution >= 0.6 is 11.3 Å². The van der Waals surface area contributed by atoms with Crippen LogP contribution < -0.4 is 14.7 Å². The lowest BCUT2D eigenvalue weighted by atomic mass is 9.70. The molecule has 0 unspecified atom stereocenters. The van der Waals surface area contributed by atoms with Crippen molar-refractivity contribution in [2.75, 3.05) is 4.90 Å². The zero-order chi connectivity index (χ0) is 33.9. The first-order valence-electron chi connectivity index (χ1n) is 17.5. The van der Waals surface area contributed by atoms with Gasteiger partial charge in [0, 0.05) is 37.4 Å². The lowest BCUT2D eigenvalue weighted by molar-refractivity contribution is 0.794. The van der Waals surface area contributed by atoms with Crippen LogP contribution in [0.2, 0.25) is 0 Å². The van der Waals surface area contributed by atoms with Crippen molar-refractivity contribution < 1.29 is 0 Å². The molecule has 1 spiro atoms. The van der Waals surface area contributed by atoms with Crippen LogP contribution in [0.15, 0.2) is 183 Å². The van der Waals surface area contributed by atoms with Crippen molar-refractivity contribution in [2.45, 2.75) is 5.41 Å². The van der Waals surface area contributed by atoms with Gasteiger partial charge in [-0.05, 0) is 92.0 Å². The van der Waals surface area contributed by atoms with Gasteiger partial charge in [-0.15, -0.1) is 11.3 Å². The lowest BCUT2D eigenvalue weighted by Gasteiger charge is -2.31. The summed E-state index contributed by atoms with van der Waals surface area (Å²) in [7, 11) is 0. The molecule has 240 valence electrons. The SMILES string of the molecule is C=C/C=c1/sc2ccccc2/c1=C/N(c1ccc(-c2ccccc2)cc1)c1ccc2c(c1)C1(c3ccccc3-c3ccccc31)c1ccccc1-2. The number of hydrogen-bond acceptors (Lipinski definition) is 2. The van der Waals surface area contributed by atoms with Crippen LogP contribution in [0.3, 0.4) is 0 Å². The summed E-state index contributed by atoms with van der Waals surface area (Å²) in [5.41, 5.74) is 14.8. The second-order valence-corrected chi connectivity index (χ2v) is 14.4. The van der Waals surface area contributed by atoms with E-state index in [-0.39, 0.29) is 0 Å². The molecule has 0 saturated heterocycles. The highest BCUT2D eigenvalue weighted by molar-refractivity contribution is 7.17. The van der Waals surface area contributed by atoms with E-state index in [1.807, 2.05) is 17.4 Å². The third-order valence-electron chi connectivity index (χ3n) is 10.7. The number of fused-ring (bicyclic) bond motifs is 11. The van der Waals surface area contributed by atoms with E-state index in [0.717, 1.165) is 11.4 Å². The molecule has 1 nitrogen and oxygen atoms in total. The standard InChI is InChI=1S/C49H33NS/c1-2-14-47-42(41-20-9-13-24-48(41)51-47)32-50(35-27-25-34(26-28-35)33-15-4-3-5-16-33)36-29-30-40-39-19-8-12-23-45(39)49(46(40)31-36)43-21-10-6-17-37(43)38-18-7-11-22-44(38)49/h2-32H,1H2/b42-32-,47-14+. The Balaban J connectivity index is 1.25. The fraction of sp³-hybridized carbons (Fsp3) is 0.0204. The summed E-state index contributed by atoms with van der Waals surface area (Å²) in [5.74, 6) is 0. The van der Waals surface area contributed by atoms with Gasteiger partial charge in [-0.1, -0.05) is 152 Å². The van der Waals surface area contributed by atoms with Gasteiger partial charge in [-0.2, -0.15) is 0 Å². The first-order chi connectivity index (χ1) is 25.3. The Morgan fingerprint density at radius 3 is 1.67 bits per heavy atom. The highest BCUT2D eigenvalue weighted by atomic mass is 32.1. The number of nitrogens with zero attached hydrogens (tertiary/aromatic N) is 1. The van der Waals surface area contributed by atoms with Gasteiger partial charge in [-0.25, -0.2) is 0 Å². The van der Waals surface area contributed by atoms with Gasteiger partial charge in [0.05, 0.1) is 5.41 Å². The smallest absolute Gasteiger partial charge is 0.0726 e. The van der Waals surface area contributed by atoms with E-state index in [1.165, 1.54) is 75.5 Å². The molecule has 0 saturated carbocycles. The van der Waals surface area contributed by atoms with Crippen LogP contribution in [0.5, 0.6) is 0 Å². The molecule has 10 rings (SSSR count). The van der Waals surface area contributed by atoms with Gasteiger partial charge in [0.2, 0.25) is 0 Å². The van der Waals surface area contributed by atoms with Crippen molar-refractivity contribution in [3.05, 3.63) is 215 Å². The van der Waals surface area contributed by atoms with E-state index in [9.17, 15) is 0 Å². The molecule has 1 aromatic heterocycles. The Morgan fingerprint density at radius 1 is 0.490 bits per heavy atom. The largest absolute Gasteiger partial charge is 0.317 e. The maximum atomic E-state index is 4.06. The number of hydrogen-bond donors (Lipinski definition) is 0. The Kier molecular flexibility index (Phi) is 6.80. The van der Waals surface area contributed by atoms with Crippen LogP contribution in [0.25, 0.3) is 55.7 Å². The summed E-state index contributed by atoms with van der Waals surface area (Å²) in [6.07, 6.45) is 6.36. The van der Waals surface area contributed by atoms with Crippen LogP contribution in [0.4, 0.5) is 11.4 Å². The van der Waals surface area contributed by atoms with Gasteiger partial charge in [-0.3, -0.25) is 0 Å². The van der Waals surface area contributed by atoms with Crippen LogP contribution in [0.1, 0.15) is 22.3 Å². The number of rotatable bonds is 5. The van der Waals surface area contributed by atoms with E-state index < -0.39 is 5.41 Å². The molecule has 2 aliphatic carbocycles. The Bertz CT molecular complexity index is 2710. The molecule has 8 aromatic rings. The summed E-state index contributed by atoms with van der Waals surface area (Å²) < 4.78 is 2.46. The second kappa shape index (κ2) is 11.7. The Labute approximate surface area is 302 Å². The fourth-order valence-electron chi connectivity index (χ4n) is 8.55. The Hall–Kier alpha value is -6.22. The van der Waals surface area contributed by atoms with Crippen LogP contribution in [-0.4, -0.2) is 0 Å². The van der Waals surface area contributed by atoms with Crippen molar-refractivity contribution in [3.8, 4) is 33.4 Å². The van der Waals surface area contributed by atoms with Crippen molar-refractivity contribution in [2.24, 2.45) is 0 Å².